The molecule has 0 aliphatic carbocycles. The number of aliphatic carboxylic acids is 1. The summed E-state index contributed by atoms with van der Waals surface area (Å²) < 4.78 is 62.7. The van der Waals surface area contributed by atoms with Gasteiger partial charge < -0.3 is 14.4 Å². The minimum atomic E-state index is -4.05. The molecule has 0 radical (unpaired) electrons. The van der Waals surface area contributed by atoms with Gasteiger partial charge in [0.25, 0.3) is 10.0 Å². The van der Waals surface area contributed by atoms with Crippen molar-refractivity contribution >= 4 is 49.4 Å². The van der Waals surface area contributed by atoms with Gasteiger partial charge in [0.1, 0.15) is 17.0 Å². The molecule has 4 aromatic carbocycles. The van der Waals surface area contributed by atoms with Crippen molar-refractivity contribution in [1.29, 1.82) is 0 Å². The van der Waals surface area contributed by atoms with Gasteiger partial charge in [0.05, 0.1) is 21.5 Å². The predicted octanol–water partition coefficient (Wildman–Crippen LogP) is 7.59. The first-order chi connectivity index (χ1) is 22.5. The number of carbonyl (C=O) groups is 1. The van der Waals surface area contributed by atoms with Crippen LogP contribution in [0.4, 0.5) is 4.39 Å². The molecular formula is C35H29FN2O6S3. The Balaban J connectivity index is 1.27. The number of hydrogen-bond donors (Lipinski definition) is 1. The average molecular weight is 689 g/mol. The molecule has 8 nitrogen and oxygen atoms in total. The fourth-order valence-electron chi connectivity index (χ4n) is 5.28. The minimum Gasteiger partial charge on any atom is -0.612 e. The van der Waals surface area contributed by atoms with E-state index in [2.05, 4.69) is 0 Å². The van der Waals surface area contributed by atoms with Crippen LogP contribution in [0.15, 0.2) is 106 Å². The quantitative estimate of drug-likeness (QED) is 0.139. The smallest absolute Gasteiger partial charge is 0.303 e. The van der Waals surface area contributed by atoms with Crippen LogP contribution in [0, 0.1) is 12.7 Å². The Kier molecular flexibility index (Phi) is 9.20. The van der Waals surface area contributed by atoms with Crippen molar-refractivity contribution in [2.24, 2.45) is 0 Å². The Hall–Kier alpha value is -4.49. The molecule has 1 unspecified atom stereocenters. The predicted molar refractivity (Wildman–Crippen MR) is 181 cm³/mol. The highest BCUT2D eigenvalue weighted by molar-refractivity contribution is 7.91. The molecule has 6 aromatic rings. The van der Waals surface area contributed by atoms with Crippen molar-refractivity contribution in [3.63, 3.8) is 0 Å². The Bertz CT molecular complexity index is 2210. The maximum Gasteiger partial charge on any atom is 0.303 e. The second-order valence-electron chi connectivity index (χ2n) is 11.0. The van der Waals surface area contributed by atoms with Gasteiger partial charge in [-0.2, -0.15) is 0 Å². The molecule has 12 heteroatoms. The van der Waals surface area contributed by atoms with Gasteiger partial charge in [-0.05, 0) is 66.0 Å². The number of rotatable bonds is 11. The van der Waals surface area contributed by atoms with E-state index < -0.39 is 33.0 Å². The number of nitrogens with zero attached hydrogens (tertiary/aromatic N) is 2. The third-order valence-electron chi connectivity index (χ3n) is 7.54. The van der Waals surface area contributed by atoms with Gasteiger partial charge in [-0.15, -0.1) is 11.3 Å². The van der Waals surface area contributed by atoms with Gasteiger partial charge in [0.2, 0.25) is 10.6 Å². The number of aryl methyl sites for hydroxylation is 2. The van der Waals surface area contributed by atoms with Gasteiger partial charge >= 0.3 is 5.97 Å². The van der Waals surface area contributed by atoms with Crippen LogP contribution in [0.5, 0.6) is 11.5 Å². The highest BCUT2D eigenvalue weighted by atomic mass is 32.2. The van der Waals surface area contributed by atoms with E-state index in [1.807, 2.05) is 42.6 Å². The lowest BCUT2D eigenvalue weighted by Gasteiger charge is -2.15. The van der Waals surface area contributed by atoms with Crippen molar-refractivity contribution in [2.75, 3.05) is 6.26 Å². The molecule has 0 saturated heterocycles. The van der Waals surface area contributed by atoms with E-state index in [1.165, 1.54) is 42.0 Å². The Morgan fingerprint density at radius 3 is 2.53 bits per heavy atom. The van der Waals surface area contributed by atoms with Crippen LogP contribution < -0.4 is 4.74 Å². The summed E-state index contributed by atoms with van der Waals surface area (Å²) in [7, 11) is -4.05. The summed E-state index contributed by atoms with van der Waals surface area (Å²) in [5.41, 5.74) is 4.51. The SMILES string of the molecule is Cc1ccc(S(=O)(=O)n2ccc3c([S+](C)[O-])c(Oc4cccc(-c5nc(Cc6cccc(CCC(=O)O)c6)cs5)c4)c(F)cc32)cc1. The molecule has 0 fully saturated rings. The third kappa shape index (κ3) is 6.96. The molecule has 47 heavy (non-hydrogen) atoms. The number of hydrogen-bond acceptors (Lipinski definition) is 7. The first-order valence-corrected chi connectivity index (χ1v) is 18.4. The molecular weight excluding hydrogens is 660 g/mol. The molecule has 0 bridgehead atoms. The van der Waals surface area contributed by atoms with Gasteiger partial charge in [0, 0.05) is 36.0 Å². The fraction of sp³-hybridized carbons (Fsp3) is 0.143. The monoisotopic (exact) mass is 688 g/mol. The second kappa shape index (κ2) is 13.3. The summed E-state index contributed by atoms with van der Waals surface area (Å²) in [6.45, 7) is 1.85. The third-order valence-corrected chi connectivity index (χ3v) is 11.2. The number of ether oxygens (including phenoxy) is 1. The van der Waals surface area contributed by atoms with Crippen LogP contribution in [-0.4, -0.2) is 39.3 Å². The summed E-state index contributed by atoms with van der Waals surface area (Å²) in [6, 6.07) is 23.7. The molecule has 2 heterocycles. The van der Waals surface area contributed by atoms with Crippen LogP contribution in [0.1, 0.15) is 28.8 Å². The van der Waals surface area contributed by atoms with Crippen molar-refractivity contribution in [3.05, 3.63) is 125 Å². The molecule has 0 aliphatic rings. The molecule has 0 spiro atoms. The number of benzene rings is 4. The van der Waals surface area contributed by atoms with E-state index >= 15 is 4.39 Å². The van der Waals surface area contributed by atoms with Crippen LogP contribution in [-0.2, 0) is 38.8 Å². The molecule has 6 rings (SSSR count). The molecule has 240 valence electrons. The van der Waals surface area contributed by atoms with E-state index in [1.54, 1.807) is 30.3 Å². The highest BCUT2D eigenvalue weighted by Crippen LogP contribution is 2.40. The number of aromatic nitrogens is 2. The zero-order valence-electron chi connectivity index (χ0n) is 25.3. The molecule has 2 aromatic heterocycles. The lowest BCUT2D eigenvalue weighted by Crippen LogP contribution is -2.12. The zero-order chi connectivity index (χ0) is 33.3. The van der Waals surface area contributed by atoms with E-state index in [9.17, 15) is 17.8 Å². The van der Waals surface area contributed by atoms with Crippen molar-refractivity contribution in [2.45, 2.75) is 36.0 Å². The lowest BCUT2D eigenvalue weighted by molar-refractivity contribution is -0.136. The lowest BCUT2D eigenvalue weighted by atomic mass is 10.0. The average Bonchev–Trinajstić information content (AvgIpc) is 3.68. The van der Waals surface area contributed by atoms with Gasteiger partial charge in [-0.1, -0.05) is 54.1 Å². The first kappa shape index (κ1) is 32.5. The summed E-state index contributed by atoms with van der Waals surface area (Å²) in [6.07, 6.45) is 3.81. The Morgan fingerprint density at radius 1 is 1.04 bits per heavy atom. The van der Waals surface area contributed by atoms with Gasteiger partial charge in [0.15, 0.2) is 5.82 Å². The molecule has 1 N–H and O–H groups in total. The Labute approximate surface area is 278 Å². The fourth-order valence-corrected chi connectivity index (χ4v) is 8.31. The van der Waals surface area contributed by atoms with Crippen LogP contribution in [0.2, 0.25) is 0 Å². The van der Waals surface area contributed by atoms with E-state index in [0.29, 0.717) is 24.0 Å². The van der Waals surface area contributed by atoms with E-state index in [-0.39, 0.29) is 27.5 Å². The maximum atomic E-state index is 15.8. The normalized spacial score (nSPS) is 12.3. The van der Waals surface area contributed by atoms with Crippen molar-refractivity contribution in [1.82, 2.24) is 8.96 Å². The number of carboxylic acid groups (broad SMARTS) is 1. The Morgan fingerprint density at radius 2 is 1.79 bits per heavy atom. The first-order valence-electron chi connectivity index (χ1n) is 14.5. The van der Waals surface area contributed by atoms with Crippen LogP contribution >= 0.6 is 11.3 Å². The summed E-state index contributed by atoms with van der Waals surface area (Å²) in [4.78, 5) is 15.8. The van der Waals surface area contributed by atoms with Gasteiger partial charge in [-0.3, -0.25) is 4.79 Å². The second-order valence-corrected chi connectivity index (χ2v) is 15.0. The summed E-state index contributed by atoms with van der Waals surface area (Å²) in [5, 5.41) is 12.0. The molecule has 0 amide bonds. The van der Waals surface area contributed by atoms with Crippen LogP contribution in [0.3, 0.4) is 0 Å². The standard InChI is InChI=1S/C35H29FN2O6S3/c1-22-9-12-28(13-10-22)47(42,43)38-16-15-29-31(38)20-30(36)33(34(29)46(2)41)44-27-8-4-7-25(19-27)35-37-26(21-45-35)18-24-6-3-5-23(17-24)11-14-32(39)40/h3-10,12-13,15-17,19-21H,11,14,18H2,1-2H3,(H,39,40). The van der Waals surface area contributed by atoms with E-state index in [0.717, 1.165) is 43.0 Å². The topological polar surface area (TPSA) is 122 Å². The number of carboxylic acids is 1. The molecule has 0 aliphatic heterocycles. The van der Waals surface area contributed by atoms with Crippen molar-refractivity contribution in [3.8, 4) is 22.1 Å². The zero-order valence-corrected chi connectivity index (χ0v) is 27.8. The van der Waals surface area contributed by atoms with Crippen molar-refractivity contribution < 1.29 is 32.0 Å². The number of thiazole rings is 1. The summed E-state index contributed by atoms with van der Waals surface area (Å²) >= 11 is -0.290. The van der Waals surface area contributed by atoms with E-state index in [4.69, 9.17) is 14.8 Å². The maximum absolute atomic E-state index is 15.8. The molecule has 1 atom stereocenters. The number of halogens is 1. The van der Waals surface area contributed by atoms with Crippen LogP contribution in [0.25, 0.3) is 21.5 Å². The van der Waals surface area contributed by atoms with Gasteiger partial charge in [-0.25, -0.2) is 21.8 Å². The minimum absolute atomic E-state index is 0.0466. The highest BCUT2D eigenvalue weighted by Gasteiger charge is 2.28. The number of fused-ring (bicyclic) bond motifs is 1. The largest absolute Gasteiger partial charge is 0.612 e. The summed E-state index contributed by atoms with van der Waals surface area (Å²) in [5.74, 6) is -1.64. The molecule has 0 saturated carbocycles.